The van der Waals surface area contributed by atoms with Crippen molar-refractivity contribution in [2.45, 2.75) is 0 Å². The molecule has 0 saturated heterocycles. The van der Waals surface area contributed by atoms with Gasteiger partial charge in [-0.25, -0.2) is 0 Å². The summed E-state index contributed by atoms with van der Waals surface area (Å²) in [5.74, 6) is 1.63. The molecule has 0 spiro atoms. The first-order valence-corrected chi connectivity index (χ1v) is 6.41. The molecule has 0 atom stereocenters. The molecule has 0 bridgehead atoms. The second kappa shape index (κ2) is 4.39. The van der Waals surface area contributed by atoms with E-state index in [0.29, 0.717) is 43.1 Å². The van der Waals surface area contributed by atoms with Crippen LogP contribution in [0.25, 0.3) is 0 Å². The highest BCUT2D eigenvalue weighted by Gasteiger charge is 2.25. The summed E-state index contributed by atoms with van der Waals surface area (Å²) >= 11 is 23.9. The van der Waals surface area contributed by atoms with Crippen molar-refractivity contribution < 1.29 is 9.47 Å². The number of rotatable bonds is 0. The van der Waals surface area contributed by atoms with Crippen LogP contribution in [0.1, 0.15) is 0 Å². The number of hydrogen-bond donors (Lipinski definition) is 0. The van der Waals surface area contributed by atoms with Gasteiger partial charge in [-0.1, -0.05) is 46.4 Å². The summed E-state index contributed by atoms with van der Waals surface area (Å²) in [6.07, 6.45) is 0. The lowest BCUT2D eigenvalue weighted by Gasteiger charge is -2.22. The van der Waals surface area contributed by atoms with Crippen molar-refractivity contribution >= 4 is 46.4 Å². The van der Waals surface area contributed by atoms with Gasteiger partial charge in [0.25, 0.3) is 0 Å². The van der Waals surface area contributed by atoms with Crippen molar-refractivity contribution in [1.29, 1.82) is 0 Å². The van der Waals surface area contributed by atoms with Gasteiger partial charge in [0, 0.05) is 0 Å². The Bertz CT molecular complexity index is 598. The predicted octanol–water partition coefficient (Wildman–Crippen LogP) is 6.20. The van der Waals surface area contributed by atoms with E-state index in [-0.39, 0.29) is 0 Å². The fourth-order valence-electron chi connectivity index (χ4n) is 1.60. The molecular weight excluding hydrogens is 318 g/mol. The number of benzene rings is 2. The van der Waals surface area contributed by atoms with Gasteiger partial charge in [-0.15, -0.1) is 0 Å². The molecule has 0 radical (unpaired) electrons. The minimum atomic E-state index is 0.297. The average Bonchev–Trinajstić information content (AvgIpc) is 2.38. The second-order valence-corrected chi connectivity index (χ2v) is 5.15. The minimum absolute atomic E-state index is 0.297. The Morgan fingerprint density at radius 1 is 0.611 bits per heavy atom. The molecule has 18 heavy (non-hydrogen) atoms. The topological polar surface area (TPSA) is 18.5 Å². The number of halogens is 4. The lowest BCUT2D eigenvalue weighted by atomic mass is 10.2. The summed E-state index contributed by atoms with van der Waals surface area (Å²) in [6.45, 7) is 0. The largest absolute Gasteiger partial charge is 0.448 e. The Kier molecular flexibility index (Phi) is 2.99. The maximum absolute atomic E-state index is 6.05. The monoisotopic (exact) mass is 320 g/mol. The molecule has 0 unspecified atom stereocenters. The number of fused-ring (bicyclic) bond motifs is 2. The second-order valence-electron chi connectivity index (χ2n) is 3.58. The van der Waals surface area contributed by atoms with Crippen molar-refractivity contribution in [2.75, 3.05) is 0 Å². The summed E-state index contributed by atoms with van der Waals surface area (Å²) in [6, 6.07) is 6.55. The third-order valence-corrected chi connectivity index (χ3v) is 4.03. The first-order chi connectivity index (χ1) is 8.58. The number of hydrogen-bond acceptors (Lipinski definition) is 2. The van der Waals surface area contributed by atoms with Crippen molar-refractivity contribution in [3.63, 3.8) is 0 Å². The zero-order valence-corrected chi connectivity index (χ0v) is 11.7. The summed E-state index contributed by atoms with van der Waals surface area (Å²) in [5, 5.41) is 1.38. The van der Waals surface area contributed by atoms with Gasteiger partial charge in [-0.3, -0.25) is 0 Å². The van der Waals surface area contributed by atoms with E-state index in [0.717, 1.165) is 0 Å². The van der Waals surface area contributed by atoms with E-state index < -0.39 is 0 Å². The molecule has 2 aromatic carbocycles. The Labute approximate surface area is 123 Å². The van der Waals surface area contributed by atoms with Crippen LogP contribution in [-0.4, -0.2) is 0 Å². The summed E-state index contributed by atoms with van der Waals surface area (Å²) < 4.78 is 11.3. The van der Waals surface area contributed by atoms with Crippen molar-refractivity contribution in [1.82, 2.24) is 0 Å². The predicted molar refractivity (Wildman–Crippen MR) is 73.1 cm³/mol. The van der Waals surface area contributed by atoms with E-state index in [1.807, 2.05) is 0 Å². The molecule has 0 fully saturated rings. The van der Waals surface area contributed by atoms with E-state index >= 15 is 0 Å². The first-order valence-electron chi connectivity index (χ1n) is 4.89. The molecular formula is C12H4Cl4O2. The SMILES string of the molecule is Clc1ccc2c(c1Cl)Oc1ccc(Cl)c(Cl)c1O2. The van der Waals surface area contributed by atoms with Gasteiger partial charge in [0.2, 0.25) is 0 Å². The first kappa shape index (κ1) is 12.2. The maximum Gasteiger partial charge on any atom is 0.190 e. The molecule has 1 aliphatic heterocycles. The van der Waals surface area contributed by atoms with Gasteiger partial charge in [-0.2, -0.15) is 0 Å². The Balaban J connectivity index is 2.18. The Hall–Kier alpha value is -0.800. The molecule has 1 heterocycles. The van der Waals surface area contributed by atoms with Crippen LogP contribution < -0.4 is 9.47 Å². The molecule has 2 nitrogen and oxygen atoms in total. The highest BCUT2D eigenvalue weighted by atomic mass is 35.5. The van der Waals surface area contributed by atoms with E-state index in [1.54, 1.807) is 24.3 Å². The van der Waals surface area contributed by atoms with Crippen LogP contribution in [0, 0.1) is 0 Å². The Morgan fingerprint density at radius 2 is 1.00 bits per heavy atom. The van der Waals surface area contributed by atoms with Gasteiger partial charge < -0.3 is 9.47 Å². The van der Waals surface area contributed by atoms with E-state index in [2.05, 4.69) is 0 Å². The lowest BCUT2D eigenvalue weighted by Crippen LogP contribution is -2.00. The van der Waals surface area contributed by atoms with Gasteiger partial charge >= 0.3 is 0 Å². The summed E-state index contributed by atoms with van der Waals surface area (Å²) in [7, 11) is 0. The quantitative estimate of drug-likeness (QED) is 0.491. The Morgan fingerprint density at radius 3 is 1.39 bits per heavy atom. The molecule has 1 aliphatic rings. The van der Waals surface area contributed by atoms with Crippen molar-refractivity contribution in [3.8, 4) is 23.0 Å². The molecule has 92 valence electrons. The van der Waals surface area contributed by atoms with Crippen LogP contribution in [0.2, 0.25) is 20.1 Å². The van der Waals surface area contributed by atoms with Crippen molar-refractivity contribution in [3.05, 3.63) is 44.4 Å². The van der Waals surface area contributed by atoms with Crippen molar-refractivity contribution in [2.24, 2.45) is 0 Å². The molecule has 0 aliphatic carbocycles. The molecule has 2 aromatic rings. The lowest BCUT2D eigenvalue weighted by molar-refractivity contribution is 0.360. The van der Waals surface area contributed by atoms with E-state index in [1.165, 1.54) is 0 Å². The van der Waals surface area contributed by atoms with Gasteiger partial charge in [-0.05, 0) is 24.3 Å². The van der Waals surface area contributed by atoms with Crippen LogP contribution in [0.5, 0.6) is 23.0 Å². The molecule has 0 amide bonds. The molecule has 0 aromatic heterocycles. The van der Waals surface area contributed by atoms with Crippen LogP contribution >= 0.6 is 46.4 Å². The summed E-state index contributed by atoms with van der Waals surface area (Å²) in [4.78, 5) is 0. The average molecular weight is 322 g/mol. The third kappa shape index (κ3) is 1.81. The molecule has 0 N–H and O–H groups in total. The maximum atomic E-state index is 6.05. The van der Waals surface area contributed by atoms with Crippen LogP contribution in [0.4, 0.5) is 0 Å². The third-order valence-electron chi connectivity index (χ3n) is 2.45. The fourth-order valence-corrected chi connectivity index (χ4v) is 2.29. The molecule has 0 saturated carbocycles. The highest BCUT2D eigenvalue weighted by Crippen LogP contribution is 2.53. The van der Waals surface area contributed by atoms with E-state index in [9.17, 15) is 0 Å². The molecule has 6 heteroatoms. The van der Waals surface area contributed by atoms with E-state index in [4.69, 9.17) is 55.9 Å². The zero-order valence-electron chi connectivity index (χ0n) is 8.64. The standard InChI is InChI=1S/C12H4Cl4O2/c13-5-1-3-7-11(9(5)15)18-8-4-2-6(14)10(16)12(8)17-7/h1-4H. The molecule has 3 rings (SSSR count). The summed E-state index contributed by atoms with van der Waals surface area (Å²) in [5.41, 5.74) is 0. The van der Waals surface area contributed by atoms with Gasteiger partial charge in [0.1, 0.15) is 10.0 Å². The normalized spacial score (nSPS) is 12.2. The number of ether oxygens (including phenoxy) is 2. The van der Waals surface area contributed by atoms with Gasteiger partial charge in [0.15, 0.2) is 23.0 Å². The highest BCUT2D eigenvalue weighted by molar-refractivity contribution is 6.44. The smallest absolute Gasteiger partial charge is 0.190 e. The van der Waals surface area contributed by atoms with Crippen LogP contribution in [0.3, 0.4) is 0 Å². The zero-order chi connectivity index (χ0) is 12.9. The minimum Gasteiger partial charge on any atom is -0.448 e. The fraction of sp³-hybridized carbons (Fsp3) is 0. The van der Waals surface area contributed by atoms with Crippen LogP contribution in [-0.2, 0) is 0 Å². The van der Waals surface area contributed by atoms with Crippen LogP contribution in [0.15, 0.2) is 24.3 Å². The van der Waals surface area contributed by atoms with Gasteiger partial charge in [0.05, 0.1) is 10.0 Å².